The van der Waals surface area contributed by atoms with Gasteiger partial charge in [0.2, 0.25) is 0 Å². The van der Waals surface area contributed by atoms with Crippen LogP contribution in [0.2, 0.25) is 5.02 Å². The molecule has 1 saturated carbocycles. The zero-order valence-electron chi connectivity index (χ0n) is 10.8. The van der Waals surface area contributed by atoms with E-state index < -0.39 is 0 Å². The van der Waals surface area contributed by atoms with Crippen LogP contribution >= 0.6 is 11.6 Å². The number of aromatic nitrogens is 2. The van der Waals surface area contributed by atoms with E-state index in [1.54, 1.807) is 0 Å². The van der Waals surface area contributed by atoms with E-state index in [-0.39, 0.29) is 11.5 Å². The molecule has 1 N–H and O–H groups in total. The number of aliphatic hydroxyl groups is 1. The summed E-state index contributed by atoms with van der Waals surface area (Å²) in [5, 5.41) is 15.2. The lowest BCUT2D eigenvalue weighted by molar-refractivity contribution is 0.109. The van der Waals surface area contributed by atoms with Crippen LogP contribution in [0.4, 0.5) is 0 Å². The normalized spacial score (nSPS) is 19.4. The smallest absolute Gasteiger partial charge is 0.0850 e. The number of nitrogens with zero attached hydrogens (tertiary/aromatic N) is 2. The number of rotatable bonds is 5. The molecule has 1 atom stereocenters. The van der Waals surface area contributed by atoms with Gasteiger partial charge in [0.05, 0.1) is 22.5 Å². The molecule has 1 unspecified atom stereocenters. The third-order valence-electron chi connectivity index (χ3n) is 3.99. The molecule has 96 valence electrons. The number of hydrogen-bond acceptors (Lipinski definition) is 2. The Hall–Kier alpha value is -0.540. The van der Waals surface area contributed by atoms with Crippen LogP contribution in [0, 0.1) is 5.41 Å². The second kappa shape index (κ2) is 4.62. The van der Waals surface area contributed by atoms with Crippen molar-refractivity contribution in [2.45, 2.75) is 59.1 Å². The van der Waals surface area contributed by atoms with Gasteiger partial charge >= 0.3 is 0 Å². The van der Waals surface area contributed by atoms with Crippen molar-refractivity contribution in [2.75, 3.05) is 0 Å². The lowest BCUT2D eigenvalue weighted by atomic mass is 9.94. The summed E-state index contributed by atoms with van der Waals surface area (Å²) in [5.74, 6) is 0. The summed E-state index contributed by atoms with van der Waals surface area (Å²) in [4.78, 5) is 0. The minimum Gasteiger partial charge on any atom is -0.393 e. The summed E-state index contributed by atoms with van der Waals surface area (Å²) in [6, 6.07) is 0. The summed E-state index contributed by atoms with van der Waals surface area (Å²) < 4.78 is 1.99. The van der Waals surface area contributed by atoms with Gasteiger partial charge < -0.3 is 5.11 Å². The second-order valence-corrected chi connectivity index (χ2v) is 5.47. The van der Waals surface area contributed by atoms with E-state index in [1.165, 1.54) is 0 Å². The molecule has 0 radical (unpaired) electrons. The Kier molecular flexibility index (Phi) is 3.50. The highest BCUT2D eigenvalue weighted by Crippen LogP contribution is 2.52. The molecule has 1 aromatic heterocycles. The number of hydrogen-bond donors (Lipinski definition) is 1. The SMILES string of the molecule is CCc1nn(CC)c(CC2(C(C)O)CC2)c1Cl. The lowest BCUT2D eigenvalue weighted by Crippen LogP contribution is -2.22. The minimum absolute atomic E-state index is 0.0571. The number of aliphatic hydroxyl groups excluding tert-OH is 1. The maximum absolute atomic E-state index is 9.85. The van der Waals surface area contributed by atoms with E-state index >= 15 is 0 Å². The molecular formula is C13H21ClN2O. The first-order valence-electron chi connectivity index (χ1n) is 6.46. The molecule has 0 bridgehead atoms. The van der Waals surface area contributed by atoms with Gasteiger partial charge in [-0.05, 0) is 39.5 Å². The highest BCUT2D eigenvalue weighted by atomic mass is 35.5. The summed E-state index contributed by atoms with van der Waals surface area (Å²) in [6.07, 6.45) is 3.64. The molecule has 4 heteroatoms. The molecule has 0 amide bonds. The van der Waals surface area contributed by atoms with Crippen molar-refractivity contribution in [3.05, 3.63) is 16.4 Å². The number of aryl methyl sites for hydroxylation is 2. The second-order valence-electron chi connectivity index (χ2n) is 5.09. The van der Waals surface area contributed by atoms with Gasteiger partial charge in [0.1, 0.15) is 0 Å². The van der Waals surface area contributed by atoms with Gasteiger partial charge in [-0.1, -0.05) is 18.5 Å². The molecule has 17 heavy (non-hydrogen) atoms. The largest absolute Gasteiger partial charge is 0.393 e. The number of halogens is 1. The van der Waals surface area contributed by atoms with E-state index in [0.717, 1.165) is 48.6 Å². The lowest BCUT2D eigenvalue weighted by Gasteiger charge is -2.19. The molecule has 0 aliphatic heterocycles. The van der Waals surface area contributed by atoms with Crippen LogP contribution in [0.5, 0.6) is 0 Å². The molecule has 1 fully saturated rings. The molecule has 0 spiro atoms. The van der Waals surface area contributed by atoms with Crippen LogP contribution < -0.4 is 0 Å². The maximum atomic E-state index is 9.85. The van der Waals surface area contributed by atoms with Crippen LogP contribution in [0.15, 0.2) is 0 Å². The van der Waals surface area contributed by atoms with E-state index in [0.29, 0.717) is 0 Å². The first-order chi connectivity index (χ1) is 8.04. The van der Waals surface area contributed by atoms with Crippen molar-refractivity contribution in [1.29, 1.82) is 0 Å². The molecular weight excluding hydrogens is 236 g/mol. The van der Waals surface area contributed by atoms with Gasteiger partial charge in [-0.15, -0.1) is 0 Å². The van der Waals surface area contributed by atoms with Gasteiger partial charge in [0.25, 0.3) is 0 Å². The van der Waals surface area contributed by atoms with Crippen molar-refractivity contribution in [2.24, 2.45) is 5.41 Å². The summed E-state index contributed by atoms with van der Waals surface area (Å²) in [7, 11) is 0. The molecule has 3 nitrogen and oxygen atoms in total. The van der Waals surface area contributed by atoms with Gasteiger partial charge in [0, 0.05) is 12.0 Å². The van der Waals surface area contributed by atoms with E-state index in [9.17, 15) is 5.11 Å². The molecule has 0 saturated heterocycles. The monoisotopic (exact) mass is 256 g/mol. The van der Waals surface area contributed by atoms with Crippen molar-refractivity contribution < 1.29 is 5.11 Å². The van der Waals surface area contributed by atoms with Gasteiger partial charge in [-0.2, -0.15) is 5.10 Å². The maximum Gasteiger partial charge on any atom is 0.0850 e. The summed E-state index contributed by atoms with van der Waals surface area (Å²) in [6.45, 7) is 6.87. The van der Waals surface area contributed by atoms with E-state index in [2.05, 4.69) is 18.9 Å². The predicted octanol–water partition coefficient (Wildman–Crippen LogP) is 2.82. The topological polar surface area (TPSA) is 38.0 Å². The van der Waals surface area contributed by atoms with Crippen LogP contribution in [0.25, 0.3) is 0 Å². The fraction of sp³-hybridized carbons (Fsp3) is 0.769. The fourth-order valence-corrected chi connectivity index (χ4v) is 2.76. The van der Waals surface area contributed by atoms with E-state index in [1.807, 2.05) is 11.6 Å². The Morgan fingerprint density at radius 1 is 1.47 bits per heavy atom. The highest BCUT2D eigenvalue weighted by molar-refractivity contribution is 6.31. The molecule has 1 heterocycles. The highest BCUT2D eigenvalue weighted by Gasteiger charge is 2.47. The average molecular weight is 257 g/mol. The molecule has 2 rings (SSSR count). The Morgan fingerprint density at radius 2 is 2.12 bits per heavy atom. The van der Waals surface area contributed by atoms with Gasteiger partial charge in [0.15, 0.2) is 0 Å². The van der Waals surface area contributed by atoms with Crippen molar-refractivity contribution in [3.63, 3.8) is 0 Å². The standard InChI is InChI=1S/C13H21ClN2O/c1-4-10-12(14)11(16(5-2)15-10)8-13(6-7-13)9(3)17/h9,17H,4-8H2,1-3H3. The van der Waals surface area contributed by atoms with Crippen LogP contribution in [-0.2, 0) is 19.4 Å². The fourth-order valence-electron chi connectivity index (χ4n) is 2.42. The Balaban J connectivity index is 2.29. The molecule has 1 aromatic rings. The van der Waals surface area contributed by atoms with Crippen molar-refractivity contribution in [3.8, 4) is 0 Å². The predicted molar refractivity (Wildman–Crippen MR) is 69.3 cm³/mol. The first kappa shape index (κ1) is 12.9. The average Bonchev–Trinajstić information content (AvgIpc) is 3.02. The zero-order valence-corrected chi connectivity index (χ0v) is 11.6. The summed E-state index contributed by atoms with van der Waals surface area (Å²) in [5.41, 5.74) is 2.14. The molecule has 1 aliphatic rings. The Morgan fingerprint density at radius 3 is 2.53 bits per heavy atom. The van der Waals surface area contributed by atoms with E-state index in [4.69, 9.17) is 11.6 Å². The minimum atomic E-state index is -0.260. The van der Waals surface area contributed by atoms with Crippen LogP contribution in [0.1, 0.15) is 45.0 Å². The zero-order chi connectivity index (χ0) is 12.6. The molecule has 1 aliphatic carbocycles. The molecule has 0 aromatic carbocycles. The third-order valence-corrected chi connectivity index (χ3v) is 4.43. The quantitative estimate of drug-likeness (QED) is 0.880. The third kappa shape index (κ3) is 2.23. The van der Waals surface area contributed by atoms with Gasteiger partial charge in [-0.25, -0.2) is 0 Å². The van der Waals surface area contributed by atoms with Crippen LogP contribution in [-0.4, -0.2) is 21.0 Å². The van der Waals surface area contributed by atoms with Crippen molar-refractivity contribution in [1.82, 2.24) is 9.78 Å². The van der Waals surface area contributed by atoms with Gasteiger partial charge in [-0.3, -0.25) is 4.68 Å². The van der Waals surface area contributed by atoms with Crippen molar-refractivity contribution >= 4 is 11.6 Å². The Labute approximate surface area is 108 Å². The first-order valence-corrected chi connectivity index (χ1v) is 6.84. The van der Waals surface area contributed by atoms with Crippen LogP contribution in [0.3, 0.4) is 0 Å². The summed E-state index contributed by atoms with van der Waals surface area (Å²) >= 11 is 6.38. The Bertz CT molecular complexity index is 408.